The van der Waals surface area contributed by atoms with Crippen LogP contribution in [0.2, 0.25) is 0 Å². The van der Waals surface area contributed by atoms with Gasteiger partial charge in [-0.05, 0) is 25.7 Å². The number of aromatic nitrogens is 3. The SMILES string of the molecule is CCCC(O)(CCC)CC(=O)NCc1nnc2n1CCCCC2. The number of nitrogens with one attached hydrogen (secondary N) is 1. The molecule has 23 heavy (non-hydrogen) atoms. The molecule has 0 unspecified atom stereocenters. The van der Waals surface area contributed by atoms with Crippen LogP contribution in [-0.4, -0.2) is 31.4 Å². The zero-order valence-electron chi connectivity index (χ0n) is 14.5. The lowest BCUT2D eigenvalue weighted by Gasteiger charge is -2.26. The third-order valence-electron chi connectivity index (χ3n) is 4.55. The van der Waals surface area contributed by atoms with Crippen molar-refractivity contribution in [1.29, 1.82) is 0 Å². The largest absolute Gasteiger partial charge is 0.389 e. The summed E-state index contributed by atoms with van der Waals surface area (Å²) in [6, 6.07) is 0. The van der Waals surface area contributed by atoms with Crippen LogP contribution in [0.4, 0.5) is 0 Å². The third-order valence-corrected chi connectivity index (χ3v) is 4.55. The number of amides is 1. The summed E-state index contributed by atoms with van der Waals surface area (Å²) < 4.78 is 2.14. The van der Waals surface area contributed by atoms with E-state index in [4.69, 9.17) is 0 Å². The van der Waals surface area contributed by atoms with Gasteiger partial charge in [-0.1, -0.05) is 33.1 Å². The van der Waals surface area contributed by atoms with Crippen molar-refractivity contribution in [1.82, 2.24) is 20.1 Å². The number of hydrogen-bond acceptors (Lipinski definition) is 4. The fraction of sp³-hybridized carbons (Fsp3) is 0.824. The minimum absolute atomic E-state index is 0.111. The number of fused-ring (bicyclic) bond motifs is 1. The topological polar surface area (TPSA) is 80.0 Å². The summed E-state index contributed by atoms with van der Waals surface area (Å²) in [6.45, 7) is 5.39. The molecule has 1 aliphatic heterocycles. The Morgan fingerprint density at radius 1 is 1.22 bits per heavy atom. The molecule has 0 aromatic carbocycles. The Hall–Kier alpha value is -1.43. The molecule has 0 spiro atoms. The zero-order chi connectivity index (χ0) is 16.7. The monoisotopic (exact) mass is 322 g/mol. The number of rotatable bonds is 8. The first-order valence-electron chi connectivity index (χ1n) is 8.98. The second-order valence-electron chi connectivity index (χ2n) is 6.67. The van der Waals surface area contributed by atoms with E-state index in [1.807, 2.05) is 13.8 Å². The van der Waals surface area contributed by atoms with Gasteiger partial charge in [-0.2, -0.15) is 0 Å². The van der Waals surface area contributed by atoms with Gasteiger partial charge >= 0.3 is 0 Å². The molecule has 2 rings (SSSR count). The van der Waals surface area contributed by atoms with Crippen LogP contribution < -0.4 is 5.32 Å². The van der Waals surface area contributed by atoms with Crippen molar-refractivity contribution in [2.75, 3.05) is 0 Å². The summed E-state index contributed by atoms with van der Waals surface area (Å²) in [5, 5.41) is 21.9. The second-order valence-corrected chi connectivity index (χ2v) is 6.67. The molecule has 0 saturated carbocycles. The first-order chi connectivity index (χ1) is 11.1. The number of aryl methyl sites for hydroxylation is 1. The van der Waals surface area contributed by atoms with E-state index in [0.29, 0.717) is 19.4 Å². The van der Waals surface area contributed by atoms with E-state index >= 15 is 0 Å². The molecule has 1 aromatic heterocycles. The van der Waals surface area contributed by atoms with Gasteiger partial charge in [0.05, 0.1) is 18.6 Å². The molecular weight excluding hydrogens is 292 g/mol. The average molecular weight is 322 g/mol. The fourth-order valence-corrected chi connectivity index (χ4v) is 3.45. The standard InChI is InChI=1S/C17H30N4O2/c1-3-9-17(23,10-4-2)12-16(22)18-13-15-20-19-14-8-6-5-7-11-21(14)15/h23H,3-13H2,1-2H3,(H,18,22). The molecule has 6 heteroatoms. The van der Waals surface area contributed by atoms with Crippen LogP contribution >= 0.6 is 0 Å². The summed E-state index contributed by atoms with van der Waals surface area (Å²) in [4.78, 5) is 12.2. The van der Waals surface area contributed by atoms with Gasteiger partial charge < -0.3 is 15.0 Å². The van der Waals surface area contributed by atoms with Gasteiger partial charge in [-0.3, -0.25) is 4.79 Å². The van der Waals surface area contributed by atoms with E-state index in [1.54, 1.807) is 0 Å². The number of aliphatic hydroxyl groups is 1. The van der Waals surface area contributed by atoms with Gasteiger partial charge in [-0.25, -0.2) is 0 Å². The Morgan fingerprint density at radius 2 is 1.96 bits per heavy atom. The van der Waals surface area contributed by atoms with Crippen LogP contribution in [0, 0.1) is 0 Å². The van der Waals surface area contributed by atoms with E-state index in [0.717, 1.165) is 50.3 Å². The molecule has 0 fully saturated rings. The molecule has 1 aliphatic rings. The van der Waals surface area contributed by atoms with E-state index < -0.39 is 5.60 Å². The highest BCUT2D eigenvalue weighted by atomic mass is 16.3. The Kier molecular flexibility index (Phi) is 6.57. The maximum absolute atomic E-state index is 12.2. The molecule has 1 aromatic rings. The van der Waals surface area contributed by atoms with Crippen LogP contribution in [0.3, 0.4) is 0 Å². The minimum Gasteiger partial charge on any atom is -0.389 e. The lowest BCUT2D eigenvalue weighted by molar-refractivity contribution is -0.127. The zero-order valence-corrected chi connectivity index (χ0v) is 14.5. The number of carbonyl (C=O) groups excluding carboxylic acids is 1. The van der Waals surface area contributed by atoms with Crippen LogP contribution in [0.15, 0.2) is 0 Å². The maximum Gasteiger partial charge on any atom is 0.223 e. The van der Waals surface area contributed by atoms with E-state index in [9.17, 15) is 9.90 Å². The molecule has 2 heterocycles. The van der Waals surface area contributed by atoms with Crippen LogP contribution in [0.1, 0.15) is 76.9 Å². The molecular formula is C17H30N4O2. The highest BCUT2D eigenvalue weighted by molar-refractivity contribution is 5.76. The smallest absolute Gasteiger partial charge is 0.223 e. The van der Waals surface area contributed by atoms with Crippen molar-refractivity contribution in [3.8, 4) is 0 Å². The van der Waals surface area contributed by atoms with Gasteiger partial charge in [0.15, 0.2) is 5.82 Å². The Bertz CT molecular complexity index is 507. The van der Waals surface area contributed by atoms with Gasteiger partial charge in [0.2, 0.25) is 5.91 Å². The Labute approximate surface area is 138 Å². The van der Waals surface area contributed by atoms with E-state index in [2.05, 4.69) is 20.1 Å². The van der Waals surface area contributed by atoms with Gasteiger partial charge in [0.25, 0.3) is 0 Å². The van der Waals surface area contributed by atoms with E-state index in [1.165, 1.54) is 6.42 Å². The summed E-state index contributed by atoms with van der Waals surface area (Å²) in [5.74, 6) is 1.74. The maximum atomic E-state index is 12.2. The van der Waals surface area contributed by atoms with Gasteiger partial charge in [0, 0.05) is 13.0 Å². The van der Waals surface area contributed by atoms with Crippen LogP contribution in [0.25, 0.3) is 0 Å². The summed E-state index contributed by atoms with van der Waals surface area (Å²) in [6.07, 6.45) is 7.72. The minimum atomic E-state index is -0.880. The molecule has 0 aliphatic carbocycles. The Balaban J connectivity index is 1.90. The molecule has 0 atom stereocenters. The molecule has 6 nitrogen and oxygen atoms in total. The quantitative estimate of drug-likeness (QED) is 0.770. The van der Waals surface area contributed by atoms with Crippen LogP contribution in [0.5, 0.6) is 0 Å². The van der Waals surface area contributed by atoms with Crippen molar-refractivity contribution < 1.29 is 9.90 Å². The van der Waals surface area contributed by atoms with Crippen molar-refractivity contribution in [2.45, 2.75) is 90.3 Å². The first-order valence-corrected chi connectivity index (χ1v) is 8.98. The highest BCUT2D eigenvalue weighted by Crippen LogP contribution is 2.23. The molecule has 0 radical (unpaired) electrons. The number of hydrogen-bond donors (Lipinski definition) is 2. The van der Waals surface area contributed by atoms with Crippen LogP contribution in [-0.2, 0) is 24.3 Å². The summed E-state index contributed by atoms with van der Waals surface area (Å²) in [5.41, 5.74) is -0.880. The van der Waals surface area contributed by atoms with Crippen molar-refractivity contribution in [2.24, 2.45) is 0 Å². The van der Waals surface area contributed by atoms with Crippen molar-refractivity contribution in [3.05, 3.63) is 11.6 Å². The number of nitrogens with zero attached hydrogens (tertiary/aromatic N) is 3. The molecule has 1 amide bonds. The Morgan fingerprint density at radius 3 is 2.65 bits per heavy atom. The third kappa shape index (κ3) is 5.03. The molecule has 0 bridgehead atoms. The second kappa shape index (κ2) is 8.43. The lowest BCUT2D eigenvalue weighted by atomic mass is 9.89. The number of carbonyl (C=O) groups is 1. The van der Waals surface area contributed by atoms with Crippen molar-refractivity contribution >= 4 is 5.91 Å². The molecule has 0 saturated heterocycles. The normalized spacial score (nSPS) is 15.1. The molecule has 2 N–H and O–H groups in total. The molecule has 130 valence electrons. The lowest BCUT2D eigenvalue weighted by Crippen LogP contribution is -2.37. The summed E-state index contributed by atoms with van der Waals surface area (Å²) >= 11 is 0. The fourth-order valence-electron chi connectivity index (χ4n) is 3.45. The van der Waals surface area contributed by atoms with E-state index in [-0.39, 0.29) is 12.3 Å². The van der Waals surface area contributed by atoms with Gasteiger partial charge in [-0.15, -0.1) is 10.2 Å². The predicted molar refractivity (Wildman–Crippen MR) is 88.8 cm³/mol. The predicted octanol–water partition coefficient (Wildman–Crippen LogP) is 2.34. The van der Waals surface area contributed by atoms with Gasteiger partial charge in [0.1, 0.15) is 5.82 Å². The van der Waals surface area contributed by atoms with Crippen molar-refractivity contribution in [3.63, 3.8) is 0 Å². The average Bonchev–Trinajstić information content (AvgIpc) is 2.72. The highest BCUT2D eigenvalue weighted by Gasteiger charge is 2.28. The first kappa shape index (κ1) is 17.9. The summed E-state index contributed by atoms with van der Waals surface area (Å²) in [7, 11) is 0.